The summed E-state index contributed by atoms with van der Waals surface area (Å²) in [6.45, 7) is -0.500. The van der Waals surface area contributed by atoms with Crippen LogP contribution in [0.25, 0.3) is 22.3 Å². The third-order valence-electron chi connectivity index (χ3n) is 8.96. The van der Waals surface area contributed by atoms with Crippen molar-refractivity contribution in [2.24, 2.45) is 0 Å². The van der Waals surface area contributed by atoms with E-state index in [0.29, 0.717) is 5.69 Å². The summed E-state index contributed by atoms with van der Waals surface area (Å²) in [7, 11) is 0. The standard InChI is InChI=1S/C38H32N4O7/c43-35(44)18-39-36(45)34(41-37(46)48-20-32-28-13-5-1-9-24(28)25-10-2-6-14-29(25)32)17-23-19-42(22-40-23)38(47)49-21-33-30-15-7-3-11-26(30)27-12-4-8-16-31(27)33/h1-16,19,22,32-34H,17-18,20-21H2,(H,39,45)(H,41,46)(H,43,44)/t34-/m0/s1. The summed E-state index contributed by atoms with van der Waals surface area (Å²) in [4.78, 5) is 54.5. The molecule has 0 aliphatic heterocycles. The zero-order valence-corrected chi connectivity index (χ0v) is 26.2. The van der Waals surface area contributed by atoms with Gasteiger partial charge in [0.1, 0.15) is 32.1 Å². The van der Waals surface area contributed by atoms with Crippen LogP contribution in [0, 0.1) is 0 Å². The number of benzene rings is 4. The molecule has 2 amide bonds. The number of alkyl carbamates (subject to hydrolysis) is 1. The number of rotatable bonds is 10. The molecule has 0 unspecified atom stereocenters. The molecule has 0 fully saturated rings. The van der Waals surface area contributed by atoms with Gasteiger partial charge in [-0.2, -0.15) is 0 Å². The molecule has 5 aromatic rings. The van der Waals surface area contributed by atoms with E-state index in [0.717, 1.165) is 44.5 Å². The van der Waals surface area contributed by atoms with Crippen molar-refractivity contribution < 1.29 is 33.8 Å². The minimum Gasteiger partial charge on any atom is -0.480 e. The monoisotopic (exact) mass is 656 g/mol. The fraction of sp³-hybridized carbons (Fsp3) is 0.184. The summed E-state index contributed by atoms with van der Waals surface area (Å²) in [5.74, 6) is -2.30. The lowest BCUT2D eigenvalue weighted by atomic mass is 9.98. The Labute approximate surface area is 281 Å². The fourth-order valence-electron chi connectivity index (χ4n) is 6.72. The molecular formula is C38H32N4O7. The third-order valence-corrected chi connectivity index (χ3v) is 8.96. The van der Waals surface area contributed by atoms with E-state index in [-0.39, 0.29) is 31.5 Å². The highest BCUT2D eigenvalue weighted by Crippen LogP contribution is 2.45. The van der Waals surface area contributed by atoms with Gasteiger partial charge in [-0.15, -0.1) is 0 Å². The molecular weight excluding hydrogens is 624 g/mol. The van der Waals surface area contributed by atoms with Crippen molar-refractivity contribution in [2.45, 2.75) is 24.3 Å². The number of carboxylic acids is 1. The molecule has 0 bridgehead atoms. The summed E-state index contributed by atoms with van der Waals surface area (Å²) >= 11 is 0. The Hall–Kier alpha value is -6.23. The third kappa shape index (κ3) is 6.38. The van der Waals surface area contributed by atoms with Crippen LogP contribution >= 0.6 is 0 Å². The smallest absolute Gasteiger partial charge is 0.419 e. The number of hydrogen-bond donors (Lipinski definition) is 3. The van der Waals surface area contributed by atoms with E-state index in [2.05, 4.69) is 27.8 Å². The molecule has 2 aliphatic rings. The van der Waals surface area contributed by atoms with Crippen LogP contribution in [0.2, 0.25) is 0 Å². The van der Waals surface area contributed by atoms with Crippen LogP contribution in [0.3, 0.4) is 0 Å². The Bertz CT molecular complexity index is 1980. The molecule has 0 radical (unpaired) electrons. The molecule has 246 valence electrons. The number of nitrogens with zero attached hydrogens (tertiary/aromatic N) is 2. The van der Waals surface area contributed by atoms with Crippen LogP contribution in [0.1, 0.15) is 39.8 Å². The van der Waals surface area contributed by atoms with Crippen LogP contribution in [0.5, 0.6) is 0 Å². The maximum absolute atomic E-state index is 13.1. The lowest BCUT2D eigenvalue weighted by Gasteiger charge is -2.19. The molecule has 11 heteroatoms. The summed E-state index contributed by atoms with van der Waals surface area (Å²) in [5, 5.41) is 13.9. The second-order valence-corrected chi connectivity index (χ2v) is 11.9. The van der Waals surface area contributed by atoms with Crippen molar-refractivity contribution in [3.63, 3.8) is 0 Å². The van der Waals surface area contributed by atoms with Crippen LogP contribution in [0.15, 0.2) is 110 Å². The number of fused-ring (bicyclic) bond motifs is 6. The van der Waals surface area contributed by atoms with Gasteiger partial charge in [0.25, 0.3) is 0 Å². The zero-order chi connectivity index (χ0) is 33.9. The summed E-state index contributed by atoms with van der Waals surface area (Å²) < 4.78 is 12.5. The van der Waals surface area contributed by atoms with E-state index in [1.807, 2.05) is 84.9 Å². The second-order valence-electron chi connectivity index (χ2n) is 11.9. The Balaban J connectivity index is 1.00. The second kappa shape index (κ2) is 13.5. The highest BCUT2D eigenvalue weighted by Gasteiger charge is 2.31. The first kappa shape index (κ1) is 31.4. The number of carbonyl (C=O) groups is 4. The average Bonchev–Trinajstić information content (AvgIpc) is 3.81. The SMILES string of the molecule is O=C(O)CNC(=O)[C@H](Cc1cn(C(=O)OCC2c3ccccc3-c3ccccc32)cn1)NC(=O)OCC1c2ccccc2-c2ccccc21. The van der Waals surface area contributed by atoms with Crippen LogP contribution in [-0.2, 0) is 25.5 Å². The lowest BCUT2D eigenvalue weighted by Crippen LogP contribution is -2.49. The zero-order valence-electron chi connectivity index (χ0n) is 26.2. The minimum atomic E-state index is -1.24. The van der Waals surface area contributed by atoms with Crippen molar-refractivity contribution in [3.8, 4) is 22.3 Å². The molecule has 0 saturated carbocycles. The molecule has 4 aromatic carbocycles. The largest absolute Gasteiger partial charge is 0.480 e. The van der Waals surface area contributed by atoms with E-state index < -0.39 is 36.6 Å². The van der Waals surface area contributed by atoms with Crippen molar-refractivity contribution in [1.82, 2.24) is 20.2 Å². The van der Waals surface area contributed by atoms with Gasteiger partial charge < -0.3 is 25.2 Å². The first-order valence-electron chi connectivity index (χ1n) is 15.9. The van der Waals surface area contributed by atoms with Crippen molar-refractivity contribution in [1.29, 1.82) is 0 Å². The summed E-state index contributed by atoms with van der Waals surface area (Å²) in [6, 6.07) is 30.6. The van der Waals surface area contributed by atoms with Crippen molar-refractivity contribution in [2.75, 3.05) is 19.8 Å². The van der Waals surface area contributed by atoms with E-state index in [1.54, 1.807) is 0 Å². The number of carboxylic acid groups (broad SMARTS) is 1. The molecule has 2 aliphatic carbocycles. The normalized spacial score (nSPS) is 13.4. The van der Waals surface area contributed by atoms with Gasteiger partial charge in [-0.3, -0.25) is 9.59 Å². The van der Waals surface area contributed by atoms with Crippen molar-refractivity contribution in [3.05, 3.63) is 138 Å². The van der Waals surface area contributed by atoms with Gasteiger partial charge in [0.2, 0.25) is 5.91 Å². The van der Waals surface area contributed by atoms with Crippen LogP contribution in [0.4, 0.5) is 9.59 Å². The molecule has 1 heterocycles. The van der Waals surface area contributed by atoms with Gasteiger partial charge in [-0.05, 0) is 44.5 Å². The molecule has 0 saturated heterocycles. The predicted octanol–water partition coefficient (Wildman–Crippen LogP) is 5.33. The number of aliphatic carboxylic acids is 1. The number of carbonyl (C=O) groups excluding carboxylic acids is 3. The first-order chi connectivity index (χ1) is 23.9. The van der Waals surface area contributed by atoms with Gasteiger partial charge in [0.05, 0.1) is 5.69 Å². The van der Waals surface area contributed by atoms with Gasteiger partial charge in [0.15, 0.2) is 0 Å². The quantitative estimate of drug-likeness (QED) is 0.183. The molecule has 49 heavy (non-hydrogen) atoms. The molecule has 1 atom stereocenters. The van der Waals surface area contributed by atoms with Gasteiger partial charge >= 0.3 is 18.2 Å². The number of imidazole rings is 1. The lowest BCUT2D eigenvalue weighted by molar-refractivity contribution is -0.138. The number of hydrogen-bond acceptors (Lipinski definition) is 7. The van der Waals surface area contributed by atoms with Gasteiger partial charge in [-0.1, -0.05) is 97.1 Å². The maximum Gasteiger partial charge on any atom is 0.419 e. The number of aromatic nitrogens is 2. The number of amides is 2. The average molecular weight is 657 g/mol. The first-order valence-corrected chi connectivity index (χ1v) is 15.9. The predicted molar refractivity (Wildman–Crippen MR) is 179 cm³/mol. The topological polar surface area (TPSA) is 149 Å². The maximum atomic E-state index is 13.1. The Morgan fingerprint density at radius 2 is 1.18 bits per heavy atom. The van der Waals surface area contributed by atoms with E-state index in [4.69, 9.17) is 14.6 Å². The Morgan fingerprint density at radius 3 is 1.67 bits per heavy atom. The van der Waals surface area contributed by atoms with Crippen LogP contribution in [-0.4, -0.2) is 64.5 Å². The Morgan fingerprint density at radius 1 is 0.714 bits per heavy atom. The van der Waals surface area contributed by atoms with Crippen molar-refractivity contribution >= 4 is 24.1 Å². The van der Waals surface area contributed by atoms with E-state index in [9.17, 15) is 19.2 Å². The summed E-state index contributed by atoms with van der Waals surface area (Å²) in [5.41, 5.74) is 8.89. The summed E-state index contributed by atoms with van der Waals surface area (Å²) in [6.07, 6.45) is 1.04. The molecule has 7 rings (SSSR count). The van der Waals surface area contributed by atoms with E-state index in [1.165, 1.54) is 17.1 Å². The minimum absolute atomic E-state index is 0.0275. The molecule has 11 nitrogen and oxygen atoms in total. The van der Waals surface area contributed by atoms with Gasteiger partial charge in [0, 0.05) is 24.5 Å². The molecule has 1 aromatic heterocycles. The number of nitrogens with one attached hydrogen (secondary N) is 2. The van der Waals surface area contributed by atoms with Crippen LogP contribution < -0.4 is 10.6 Å². The fourth-order valence-corrected chi connectivity index (χ4v) is 6.72. The molecule has 3 N–H and O–H groups in total. The highest BCUT2D eigenvalue weighted by atomic mass is 16.6. The van der Waals surface area contributed by atoms with Gasteiger partial charge in [-0.25, -0.2) is 19.1 Å². The van der Waals surface area contributed by atoms with E-state index >= 15 is 0 Å². The number of ether oxygens (including phenoxy) is 2. The Kier molecular flexibility index (Phi) is 8.63. The highest BCUT2D eigenvalue weighted by molar-refractivity contribution is 5.88. The molecule has 0 spiro atoms.